The predicted molar refractivity (Wildman–Crippen MR) is 86.8 cm³/mol. The molecule has 0 spiro atoms. The van der Waals surface area contributed by atoms with E-state index in [0.29, 0.717) is 5.39 Å². The zero-order chi connectivity index (χ0) is 14.9. The highest BCUT2D eigenvalue weighted by Crippen LogP contribution is 2.32. The number of para-hydroxylation sites is 1. The van der Waals surface area contributed by atoms with Crippen molar-refractivity contribution in [1.82, 2.24) is 9.97 Å². The molecule has 1 unspecified atom stereocenters. The van der Waals surface area contributed by atoms with E-state index in [1.807, 2.05) is 24.3 Å². The Morgan fingerprint density at radius 2 is 1.95 bits per heavy atom. The average molecular weight is 298 g/mol. The van der Waals surface area contributed by atoms with Gasteiger partial charge in [-0.15, -0.1) is 0 Å². The van der Waals surface area contributed by atoms with Crippen LogP contribution in [0.3, 0.4) is 0 Å². The maximum absolute atomic E-state index is 12.2. The van der Waals surface area contributed by atoms with Gasteiger partial charge in [0.15, 0.2) is 5.82 Å². The van der Waals surface area contributed by atoms with Crippen LogP contribution in [0.25, 0.3) is 10.9 Å². The summed E-state index contributed by atoms with van der Waals surface area (Å²) in [5.41, 5.74) is 0.806. The largest absolute Gasteiger partial charge is 0.328 e. The number of aromatic amines is 1. The Labute approximate surface area is 130 Å². The van der Waals surface area contributed by atoms with E-state index >= 15 is 0 Å². The number of nitrogens with zero attached hydrogens (tertiary/aromatic N) is 1. The SMILES string of the molecule is O=c1[nH]c(C[NH+]2CC[C@@H]3CCCC[C@@H]3C2)nc2ccccc12. The molecule has 2 aliphatic rings. The molecule has 4 heteroatoms. The normalized spacial score (nSPS) is 28.5. The third kappa shape index (κ3) is 2.68. The lowest BCUT2D eigenvalue weighted by molar-refractivity contribution is -0.924. The monoisotopic (exact) mass is 298 g/mol. The van der Waals surface area contributed by atoms with Crippen molar-refractivity contribution in [1.29, 1.82) is 0 Å². The van der Waals surface area contributed by atoms with Crippen LogP contribution in [0.15, 0.2) is 29.1 Å². The van der Waals surface area contributed by atoms with Crippen molar-refractivity contribution in [3.63, 3.8) is 0 Å². The van der Waals surface area contributed by atoms with E-state index in [1.165, 1.54) is 45.2 Å². The van der Waals surface area contributed by atoms with Gasteiger partial charge in [0.25, 0.3) is 5.56 Å². The van der Waals surface area contributed by atoms with Gasteiger partial charge in [0.2, 0.25) is 0 Å². The summed E-state index contributed by atoms with van der Waals surface area (Å²) in [6.07, 6.45) is 7.01. The van der Waals surface area contributed by atoms with E-state index < -0.39 is 0 Å². The summed E-state index contributed by atoms with van der Waals surface area (Å²) in [4.78, 5) is 21.4. The Balaban J connectivity index is 1.52. The molecule has 3 atom stereocenters. The molecule has 2 aromatic rings. The van der Waals surface area contributed by atoms with Gasteiger partial charge in [0, 0.05) is 5.92 Å². The molecule has 2 heterocycles. The smallest absolute Gasteiger partial charge is 0.258 e. The van der Waals surface area contributed by atoms with Crippen LogP contribution in [0.2, 0.25) is 0 Å². The molecule has 4 rings (SSSR count). The zero-order valence-electron chi connectivity index (χ0n) is 13.0. The first-order valence-corrected chi connectivity index (χ1v) is 8.61. The Morgan fingerprint density at radius 3 is 2.86 bits per heavy atom. The van der Waals surface area contributed by atoms with Crippen molar-refractivity contribution in [3.8, 4) is 0 Å². The van der Waals surface area contributed by atoms with Crippen molar-refractivity contribution in [2.75, 3.05) is 13.1 Å². The lowest BCUT2D eigenvalue weighted by atomic mass is 9.75. The number of hydrogen-bond acceptors (Lipinski definition) is 2. The standard InChI is InChI=1S/C18H23N3O/c22-18-15-7-3-4-8-16(15)19-17(20-18)12-21-10-9-13-5-1-2-6-14(13)11-21/h3-4,7-8,13-14H,1-2,5-6,9-12H2,(H,19,20,22)/p+1/t13-,14+/m0/s1. The Kier molecular flexibility index (Phi) is 3.70. The van der Waals surface area contributed by atoms with Crippen molar-refractivity contribution in [2.45, 2.75) is 38.6 Å². The fraction of sp³-hybridized carbons (Fsp3) is 0.556. The summed E-state index contributed by atoms with van der Waals surface area (Å²) >= 11 is 0. The number of nitrogens with one attached hydrogen (secondary N) is 2. The fourth-order valence-corrected chi connectivity index (χ4v) is 4.41. The minimum absolute atomic E-state index is 0.00690. The number of H-pyrrole nitrogens is 1. The molecule has 2 fully saturated rings. The van der Waals surface area contributed by atoms with Gasteiger partial charge in [-0.05, 0) is 37.3 Å². The van der Waals surface area contributed by atoms with Crippen molar-refractivity contribution in [2.24, 2.45) is 11.8 Å². The fourth-order valence-electron chi connectivity index (χ4n) is 4.41. The number of rotatable bonds is 2. The minimum atomic E-state index is -0.00690. The van der Waals surface area contributed by atoms with Gasteiger partial charge in [-0.1, -0.05) is 25.0 Å². The molecule has 1 saturated heterocycles. The maximum atomic E-state index is 12.2. The van der Waals surface area contributed by atoms with E-state index in [4.69, 9.17) is 0 Å². The van der Waals surface area contributed by atoms with Gasteiger partial charge >= 0.3 is 0 Å². The van der Waals surface area contributed by atoms with E-state index in [0.717, 1.165) is 29.7 Å². The lowest BCUT2D eigenvalue weighted by Crippen LogP contribution is -3.12. The van der Waals surface area contributed by atoms with Crippen molar-refractivity contribution < 1.29 is 4.90 Å². The number of aromatic nitrogens is 2. The van der Waals surface area contributed by atoms with Gasteiger partial charge in [0.05, 0.1) is 24.0 Å². The summed E-state index contributed by atoms with van der Waals surface area (Å²) < 4.78 is 0. The summed E-state index contributed by atoms with van der Waals surface area (Å²) in [6, 6.07) is 7.60. The second-order valence-electron chi connectivity index (χ2n) is 7.00. The summed E-state index contributed by atoms with van der Waals surface area (Å²) in [5.74, 6) is 2.69. The van der Waals surface area contributed by atoms with Crippen LogP contribution in [0.1, 0.15) is 37.9 Å². The topological polar surface area (TPSA) is 50.2 Å². The van der Waals surface area contributed by atoms with Crippen LogP contribution in [0.5, 0.6) is 0 Å². The van der Waals surface area contributed by atoms with Gasteiger partial charge in [-0.3, -0.25) is 4.79 Å². The number of benzene rings is 1. The second kappa shape index (κ2) is 5.84. The lowest BCUT2D eigenvalue weighted by Gasteiger charge is -2.38. The van der Waals surface area contributed by atoms with Crippen LogP contribution < -0.4 is 10.5 Å². The summed E-state index contributed by atoms with van der Waals surface area (Å²) in [6.45, 7) is 3.32. The average Bonchev–Trinajstić information content (AvgIpc) is 2.55. The highest BCUT2D eigenvalue weighted by atomic mass is 16.1. The quantitative estimate of drug-likeness (QED) is 0.883. The molecule has 2 N–H and O–H groups in total. The zero-order valence-corrected chi connectivity index (χ0v) is 13.0. The van der Waals surface area contributed by atoms with Crippen molar-refractivity contribution >= 4 is 10.9 Å². The summed E-state index contributed by atoms with van der Waals surface area (Å²) in [7, 11) is 0. The number of likely N-dealkylation sites (tertiary alicyclic amines) is 1. The maximum Gasteiger partial charge on any atom is 0.258 e. The minimum Gasteiger partial charge on any atom is -0.328 e. The highest BCUT2D eigenvalue weighted by Gasteiger charge is 2.33. The van der Waals surface area contributed by atoms with E-state index in [-0.39, 0.29) is 5.56 Å². The van der Waals surface area contributed by atoms with Gasteiger partial charge in [-0.2, -0.15) is 0 Å². The van der Waals surface area contributed by atoms with E-state index in [2.05, 4.69) is 9.97 Å². The van der Waals surface area contributed by atoms with Gasteiger partial charge < -0.3 is 9.88 Å². The van der Waals surface area contributed by atoms with Crippen LogP contribution in [-0.4, -0.2) is 23.1 Å². The Morgan fingerprint density at radius 1 is 1.14 bits per heavy atom. The Bertz CT molecular complexity index is 724. The molecule has 0 amide bonds. The number of hydrogen-bond donors (Lipinski definition) is 2. The van der Waals surface area contributed by atoms with E-state index in [9.17, 15) is 4.79 Å². The molecule has 1 aliphatic carbocycles. The third-order valence-corrected chi connectivity index (χ3v) is 5.57. The number of fused-ring (bicyclic) bond motifs is 2. The Hall–Kier alpha value is -1.68. The molecular formula is C18H24N3O+. The van der Waals surface area contributed by atoms with Crippen LogP contribution in [-0.2, 0) is 6.54 Å². The van der Waals surface area contributed by atoms with Gasteiger partial charge in [0.1, 0.15) is 6.54 Å². The summed E-state index contributed by atoms with van der Waals surface area (Å²) in [5, 5.41) is 0.687. The number of piperidine rings is 1. The van der Waals surface area contributed by atoms with Gasteiger partial charge in [-0.25, -0.2) is 4.98 Å². The predicted octanol–water partition coefficient (Wildman–Crippen LogP) is 1.52. The number of quaternary nitrogens is 1. The highest BCUT2D eigenvalue weighted by molar-refractivity contribution is 5.77. The first-order chi connectivity index (χ1) is 10.8. The van der Waals surface area contributed by atoms with Crippen LogP contribution >= 0.6 is 0 Å². The molecule has 1 saturated carbocycles. The molecule has 22 heavy (non-hydrogen) atoms. The second-order valence-corrected chi connectivity index (χ2v) is 7.00. The molecule has 1 aromatic heterocycles. The van der Waals surface area contributed by atoms with Crippen LogP contribution in [0.4, 0.5) is 0 Å². The molecule has 4 nitrogen and oxygen atoms in total. The third-order valence-electron chi connectivity index (χ3n) is 5.57. The van der Waals surface area contributed by atoms with Crippen LogP contribution in [0, 0.1) is 11.8 Å². The molecule has 0 bridgehead atoms. The molecule has 1 aliphatic heterocycles. The molecule has 116 valence electrons. The van der Waals surface area contributed by atoms with Crippen molar-refractivity contribution in [3.05, 3.63) is 40.4 Å². The first kappa shape index (κ1) is 13.9. The molecular weight excluding hydrogens is 274 g/mol. The first-order valence-electron chi connectivity index (χ1n) is 8.61. The molecule has 0 radical (unpaired) electrons. The molecule has 1 aromatic carbocycles. The van der Waals surface area contributed by atoms with E-state index in [1.54, 1.807) is 4.90 Å².